The number of benzene rings is 1. The molecule has 0 unspecified atom stereocenters. The molecule has 0 bridgehead atoms. The Bertz CT molecular complexity index is 587. The van der Waals surface area contributed by atoms with Gasteiger partial charge in [-0.3, -0.25) is 0 Å². The topological polar surface area (TPSA) is 61.0 Å². The number of hydrogen-bond donors (Lipinski definition) is 1. The van der Waals surface area contributed by atoms with Gasteiger partial charge in [0.1, 0.15) is 17.4 Å². The van der Waals surface area contributed by atoms with Crippen LogP contribution < -0.4 is 10.5 Å². The number of halogens is 1. The fourth-order valence-electron chi connectivity index (χ4n) is 1.72. The number of rotatable bonds is 4. The minimum absolute atomic E-state index is 0.417. The van der Waals surface area contributed by atoms with Crippen molar-refractivity contribution in [3.63, 3.8) is 0 Å². The molecule has 4 nitrogen and oxygen atoms in total. The van der Waals surface area contributed by atoms with Crippen molar-refractivity contribution >= 4 is 17.4 Å². The molecule has 19 heavy (non-hydrogen) atoms. The second-order valence-electron chi connectivity index (χ2n) is 4.31. The Balaban J connectivity index is 2.27. The van der Waals surface area contributed by atoms with E-state index in [0.717, 1.165) is 18.4 Å². The van der Waals surface area contributed by atoms with Gasteiger partial charge in [-0.1, -0.05) is 18.5 Å². The number of aryl methyl sites for hydroxylation is 2. The van der Waals surface area contributed by atoms with Crippen LogP contribution in [-0.4, -0.2) is 9.97 Å². The summed E-state index contributed by atoms with van der Waals surface area (Å²) < 4.78 is 5.74. The van der Waals surface area contributed by atoms with E-state index in [4.69, 9.17) is 22.1 Å². The van der Waals surface area contributed by atoms with E-state index in [1.165, 1.54) is 0 Å². The van der Waals surface area contributed by atoms with E-state index in [1.54, 1.807) is 12.1 Å². The zero-order chi connectivity index (χ0) is 13.8. The first-order chi connectivity index (χ1) is 9.08. The van der Waals surface area contributed by atoms with Crippen molar-refractivity contribution < 1.29 is 4.74 Å². The maximum atomic E-state index is 5.91. The van der Waals surface area contributed by atoms with Crippen LogP contribution in [0.25, 0.3) is 0 Å². The molecule has 0 aliphatic carbocycles. The zero-order valence-corrected chi connectivity index (χ0v) is 11.7. The maximum Gasteiger partial charge on any atom is 0.224 e. The van der Waals surface area contributed by atoms with Crippen LogP contribution in [0, 0.1) is 6.92 Å². The van der Waals surface area contributed by atoms with Crippen molar-refractivity contribution in [3.8, 4) is 11.6 Å². The Hall–Kier alpha value is -1.81. The summed E-state index contributed by atoms with van der Waals surface area (Å²) in [6, 6.07) is 7.05. The average molecular weight is 278 g/mol. The number of hydrogen-bond acceptors (Lipinski definition) is 4. The summed E-state index contributed by atoms with van der Waals surface area (Å²) in [5, 5.41) is 0.679. The molecule has 5 heteroatoms. The van der Waals surface area contributed by atoms with Crippen LogP contribution in [0.2, 0.25) is 5.02 Å². The Morgan fingerprint density at radius 2 is 2.05 bits per heavy atom. The van der Waals surface area contributed by atoms with Gasteiger partial charge in [-0.05, 0) is 37.1 Å². The maximum absolute atomic E-state index is 5.91. The lowest BCUT2D eigenvalue weighted by molar-refractivity contribution is 0.455. The smallest absolute Gasteiger partial charge is 0.224 e. The van der Waals surface area contributed by atoms with Crippen LogP contribution in [0.5, 0.6) is 11.6 Å². The number of nitrogen functional groups attached to an aromatic ring is 1. The highest BCUT2D eigenvalue weighted by Crippen LogP contribution is 2.26. The van der Waals surface area contributed by atoms with Crippen molar-refractivity contribution in [1.29, 1.82) is 0 Å². The summed E-state index contributed by atoms with van der Waals surface area (Å²) in [5.41, 5.74) is 6.70. The van der Waals surface area contributed by atoms with E-state index in [1.807, 2.05) is 19.1 Å². The van der Waals surface area contributed by atoms with Crippen molar-refractivity contribution in [2.45, 2.75) is 26.7 Å². The summed E-state index contributed by atoms with van der Waals surface area (Å²) in [6.45, 7) is 4.00. The van der Waals surface area contributed by atoms with Crippen molar-refractivity contribution in [2.75, 3.05) is 5.73 Å². The molecule has 0 saturated carbocycles. The Labute approximate surface area is 117 Å². The van der Waals surface area contributed by atoms with Crippen LogP contribution in [0.1, 0.15) is 24.7 Å². The minimum Gasteiger partial charge on any atom is -0.439 e. The summed E-state index contributed by atoms with van der Waals surface area (Å²) in [6.07, 6.45) is 1.74. The summed E-state index contributed by atoms with van der Waals surface area (Å²) in [4.78, 5) is 8.50. The molecule has 2 aromatic rings. The lowest BCUT2D eigenvalue weighted by atomic mass is 10.2. The molecular weight excluding hydrogens is 262 g/mol. The molecule has 0 amide bonds. The number of ether oxygens (including phenoxy) is 1. The third-order valence-electron chi connectivity index (χ3n) is 2.59. The zero-order valence-electron chi connectivity index (χ0n) is 11.0. The number of nitrogens with two attached hydrogens (primary N) is 1. The first-order valence-electron chi connectivity index (χ1n) is 6.16. The number of nitrogens with zero attached hydrogens (tertiary/aromatic N) is 2. The van der Waals surface area contributed by atoms with E-state index < -0.39 is 0 Å². The minimum atomic E-state index is 0.417. The molecule has 0 atom stereocenters. The molecule has 0 aliphatic heterocycles. The van der Waals surface area contributed by atoms with Crippen LogP contribution in [0.3, 0.4) is 0 Å². The quantitative estimate of drug-likeness (QED) is 0.924. The van der Waals surface area contributed by atoms with Gasteiger partial charge in [-0.15, -0.1) is 0 Å². The molecule has 100 valence electrons. The molecule has 0 radical (unpaired) electrons. The molecule has 0 aliphatic rings. The molecule has 2 N–H and O–H groups in total. The SMILES string of the molecule is CCCc1nc(N)cc(Oc2ccc(Cl)cc2C)n1. The van der Waals surface area contributed by atoms with E-state index in [2.05, 4.69) is 16.9 Å². The number of anilines is 1. The van der Waals surface area contributed by atoms with Gasteiger partial charge < -0.3 is 10.5 Å². The highest BCUT2D eigenvalue weighted by atomic mass is 35.5. The third-order valence-corrected chi connectivity index (χ3v) is 2.83. The molecular formula is C14H16ClN3O. The molecule has 0 saturated heterocycles. The molecule has 1 heterocycles. The van der Waals surface area contributed by atoms with Crippen molar-refractivity contribution in [1.82, 2.24) is 9.97 Å². The van der Waals surface area contributed by atoms with E-state index in [0.29, 0.717) is 28.3 Å². The standard InChI is InChI=1S/C14H16ClN3O/c1-3-4-13-17-12(16)8-14(18-13)19-11-6-5-10(15)7-9(11)2/h5-8H,3-4H2,1-2H3,(H2,16,17,18). The van der Waals surface area contributed by atoms with Crippen LogP contribution in [0.4, 0.5) is 5.82 Å². The summed E-state index contributed by atoms with van der Waals surface area (Å²) in [5.74, 6) is 2.29. The first-order valence-corrected chi connectivity index (χ1v) is 6.53. The predicted octanol–water partition coefficient (Wildman–Crippen LogP) is 3.77. The molecule has 2 rings (SSSR count). The van der Waals surface area contributed by atoms with Gasteiger partial charge >= 0.3 is 0 Å². The fourth-order valence-corrected chi connectivity index (χ4v) is 1.95. The van der Waals surface area contributed by atoms with Gasteiger partial charge in [0.25, 0.3) is 0 Å². The Kier molecular flexibility index (Phi) is 4.22. The second-order valence-corrected chi connectivity index (χ2v) is 4.75. The monoisotopic (exact) mass is 277 g/mol. The highest BCUT2D eigenvalue weighted by Gasteiger charge is 2.06. The van der Waals surface area contributed by atoms with Crippen molar-refractivity contribution in [2.24, 2.45) is 0 Å². The predicted molar refractivity (Wildman–Crippen MR) is 76.7 cm³/mol. The van der Waals surface area contributed by atoms with E-state index in [9.17, 15) is 0 Å². The van der Waals surface area contributed by atoms with E-state index >= 15 is 0 Å². The third kappa shape index (κ3) is 3.58. The normalized spacial score (nSPS) is 10.5. The van der Waals surface area contributed by atoms with Gasteiger partial charge in [0.2, 0.25) is 5.88 Å². The van der Waals surface area contributed by atoms with Gasteiger partial charge in [-0.25, -0.2) is 4.98 Å². The van der Waals surface area contributed by atoms with Gasteiger partial charge in [0.05, 0.1) is 0 Å². The largest absolute Gasteiger partial charge is 0.439 e. The lowest BCUT2D eigenvalue weighted by Crippen LogP contribution is -2.01. The first kappa shape index (κ1) is 13.6. The van der Waals surface area contributed by atoms with Gasteiger partial charge in [0.15, 0.2) is 0 Å². The fraction of sp³-hybridized carbons (Fsp3) is 0.286. The summed E-state index contributed by atoms with van der Waals surface area (Å²) >= 11 is 5.91. The molecule has 0 fully saturated rings. The van der Waals surface area contributed by atoms with Crippen LogP contribution in [-0.2, 0) is 6.42 Å². The van der Waals surface area contributed by atoms with E-state index in [-0.39, 0.29) is 0 Å². The molecule has 1 aromatic heterocycles. The van der Waals surface area contributed by atoms with Crippen molar-refractivity contribution in [3.05, 3.63) is 40.7 Å². The number of aromatic nitrogens is 2. The second kappa shape index (κ2) is 5.89. The van der Waals surface area contributed by atoms with Crippen LogP contribution in [0.15, 0.2) is 24.3 Å². The van der Waals surface area contributed by atoms with Gasteiger partial charge in [-0.2, -0.15) is 4.98 Å². The van der Waals surface area contributed by atoms with Crippen LogP contribution >= 0.6 is 11.6 Å². The molecule has 0 spiro atoms. The molecule has 1 aromatic carbocycles. The Morgan fingerprint density at radius 3 is 2.74 bits per heavy atom. The lowest BCUT2D eigenvalue weighted by Gasteiger charge is -2.09. The average Bonchev–Trinajstić information content (AvgIpc) is 2.32. The highest BCUT2D eigenvalue weighted by molar-refractivity contribution is 6.30. The summed E-state index contributed by atoms with van der Waals surface area (Å²) in [7, 11) is 0. The van der Waals surface area contributed by atoms with Gasteiger partial charge in [0, 0.05) is 17.5 Å². The Morgan fingerprint density at radius 1 is 1.26 bits per heavy atom.